The summed E-state index contributed by atoms with van der Waals surface area (Å²) in [5.41, 5.74) is 2.35. The zero-order valence-electron chi connectivity index (χ0n) is 19.6. The second-order valence-electron chi connectivity index (χ2n) is 8.99. The van der Waals surface area contributed by atoms with E-state index < -0.39 is 11.6 Å². The van der Waals surface area contributed by atoms with Crippen molar-refractivity contribution >= 4 is 35.0 Å². The first-order valence-electron chi connectivity index (χ1n) is 10.7. The van der Waals surface area contributed by atoms with Crippen LogP contribution >= 0.6 is 23.2 Å². The highest BCUT2D eigenvalue weighted by Crippen LogP contribution is 2.25. The van der Waals surface area contributed by atoms with Crippen molar-refractivity contribution in [1.29, 1.82) is 0 Å². The molecule has 0 unspecified atom stereocenters. The van der Waals surface area contributed by atoms with Gasteiger partial charge in [-0.25, -0.2) is 0 Å². The Bertz CT molecular complexity index is 970. The number of benzene rings is 2. The van der Waals surface area contributed by atoms with Gasteiger partial charge in [0.25, 0.3) is 5.91 Å². The van der Waals surface area contributed by atoms with E-state index in [2.05, 4.69) is 5.32 Å². The second-order valence-corrected chi connectivity index (χ2v) is 9.81. The lowest BCUT2D eigenvalue weighted by atomic mass is 10.1. The summed E-state index contributed by atoms with van der Waals surface area (Å²) in [5, 5.41) is 3.81. The number of hydrogen-bond donors (Lipinski definition) is 1. The van der Waals surface area contributed by atoms with Crippen molar-refractivity contribution in [3.8, 4) is 5.75 Å². The van der Waals surface area contributed by atoms with Crippen LogP contribution in [0, 0.1) is 13.8 Å². The minimum atomic E-state index is -0.654. The molecule has 0 aliphatic heterocycles. The van der Waals surface area contributed by atoms with Gasteiger partial charge in [0.2, 0.25) is 5.91 Å². The molecule has 32 heavy (non-hydrogen) atoms. The van der Waals surface area contributed by atoms with Gasteiger partial charge in [0.15, 0.2) is 6.61 Å². The van der Waals surface area contributed by atoms with Crippen LogP contribution in [0.5, 0.6) is 5.75 Å². The number of ether oxygens (including phenoxy) is 1. The van der Waals surface area contributed by atoms with E-state index in [-0.39, 0.29) is 25.0 Å². The third kappa shape index (κ3) is 7.42. The van der Waals surface area contributed by atoms with Gasteiger partial charge in [-0.1, -0.05) is 48.3 Å². The molecule has 174 valence electrons. The molecule has 0 spiro atoms. The third-order valence-electron chi connectivity index (χ3n) is 4.92. The molecule has 2 aromatic rings. The molecule has 0 bridgehead atoms. The molecule has 2 aromatic carbocycles. The average Bonchev–Trinajstić information content (AvgIpc) is 2.69. The summed E-state index contributed by atoms with van der Waals surface area (Å²) in [5.74, 6) is 0.160. The smallest absolute Gasteiger partial charge is 0.261 e. The number of hydrogen-bond acceptors (Lipinski definition) is 3. The second kappa shape index (κ2) is 11.1. The molecule has 1 atom stereocenters. The first kappa shape index (κ1) is 26.0. The van der Waals surface area contributed by atoms with E-state index in [0.29, 0.717) is 22.2 Å². The fourth-order valence-electron chi connectivity index (χ4n) is 3.29. The molecule has 5 nitrogen and oxygen atoms in total. The number of halogens is 2. The zero-order valence-corrected chi connectivity index (χ0v) is 21.1. The predicted molar refractivity (Wildman–Crippen MR) is 130 cm³/mol. The molecule has 0 radical (unpaired) electrons. The summed E-state index contributed by atoms with van der Waals surface area (Å²) < 4.78 is 5.85. The SMILES string of the molecule is CC[C@@H](C(=O)NC(C)(C)C)N(Cc1ccc(Cl)c(Cl)c1)C(=O)COc1cc(C)ccc1C. The molecule has 0 fully saturated rings. The number of nitrogens with one attached hydrogen (secondary N) is 1. The summed E-state index contributed by atoms with van der Waals surface area (Å²) in [6.45, 7) is 11.5. The maximum absolute atomic E-state index is 13.3. The molecular weight excluding hydrogens is 447 g/mol. The van der Waals surface area contributed by atoms with Gasteiger partial charge in [-0.2, -0.15) is 0 Å². The molecule has 0 aromatic heterocycles. The summed E-state index contributed by atoms with van der Waals surface area (Å²) in [6, 6.07) is 10.4. The van der Waals surface area contributed by atoms with Crippen LogP contribution in [0.1, 0.15) is 50.8 Å². The number of carbonyl (C=O) groups is 2. The van der Waals surface area contributed by atoms with Gasteiger partial charge < -0.3 is 15.0 Å². The van der Waals surface area contributed by atoms with Gasteiger partial charge in [0, 0.05) is 12.1 Å². The van der Waals surface area contributed by atoms with Crippen LogP contribution in [0.3, 0.4) is 0 Å². The van der Waals surface area contributed by atoms with Crippen molar-refractivity contribution in [2.75, 3.05) is 6.61 Å². The van der Waals surface area contributed by atoms with E-state index in [9.17, 15) is 9.59 Å². The Morgan fingerprint density at radius 1 is 1.06 bits per heavy atom. The highest BCUT2D eigenvalue weighted by molar-refractivity contribution is 6.42. The normalized spacial score (nSPS) is 12.2. The van der Waals surface area contributed by atoms with E-state index >= 15 is 0 Å². The summed E-state index contributed by atoms with van der Waals surface area (Å²) in [6.07, 6.45) is 0.457. The molecular formula is C25H32Cl2N2O3. The minimum Gasteiger partial charge on any atom is -0.483 e. The summed E-state index contributed by atoms with van der Waals surface area (Å²) in [4.78, 5) is 27.9. The van der Waals surface area contributed by atoms with Gasteiger partial charge in [0.05, 0.1) is 10.0 Å². The lowest BCUT2D eigenvalue weighted by Gasteiger charge is -2.33. The fourth-order valence-corrected chi connectivity index (χ4v) is 3.61. The Labute approximate surface area is 201 Å². The van der Waals surface area contributed by atoms with Gasteiger partial charge in [-0.3, -0.25) is 9.59 Å². The number of amides is 2. The number of aryl methyl sites for hydroxylation is 2. The Balaban J connectivity index is 2.30. The summed E-state index contributed by atoms with van der Waals surface area (Å²) in [7, 11) is 0. The zero-order chi connectivity index (χ0) is 24.1. The Hall–Kier alpha value is -2.24. The quantitative estimate of drug-likeness (QED) is 0.528. The maximum atomic E-state index is 13.3. The van der Waals surface area contributed by atoms with Gasteiger partial charge in [-0.05, 0) is 75.9 Å². The predicted octanol–water partition coefficient (Wildman–Crippen LogP) is 5.71. The van der Waals surface area contributed by atoms with E-state index in [1.165, 1.54) is 0 Å². The average molecular weight is 479 g/mol. The van der Waals surface area contributed by atoms with Crippen LogP contribution in [-0.2, 0) is 16.1 Å². The molecule has 0 saturated heterocycles. The number of nitrogens with zero attached hydrogens (tertiary/aromatic N) is 1. The fraction of sp³-hybridized carbons (Fsp3) is 0.440. The van der Waals surface area contributed by atoms with Crippen LogP contribution < -0.4 is 10.1 Å². The lowest BCUT2D eigenvalue weighted by Crippen LogP contribution is -2.54. The van der Waals surface area contributed by atoms with Crippen LogP contribution in [0.2, 0.25) is 10.0 Å². The summed E-state index contributed by atoms with van der Waals surface area (Å²) >= 11 is 12.2. The van der Waals surface area contributed by atoms with Crippen molar-refractivity contribution in [3.63, 3.8) is 0 Å². The van der Waals surface area contributed by atoms with E-state index in [4.69, 9.17) is 27.9 Å². The molecule has 2 rings (SSSR count). The molecule has 0 saturated carbocycles. The van der Waals surface area contributed by atoms with Crippen molar-refractivity contribution < 1.29 is 14.3 Å². The monoisotopic (exact) mass is 478 g/mol. The molecule has 7 heteroatoms. The van der Waals surface area contributed by atoms with Crippen LogP contribution in [-0.4, -0.2) is 34.9 Å². The molecule has 1 N–H and O–H groups in total. The van der Waals surface area contributed by atoms with Crippen LogP contribution in [0.15, 0.2) is 36.4 Å². The molecule has 2 amide bonds. The van der Waals surface area contributed by atoms with Crippen LogP contribution in [0.25, 0.3) is 0 Å². The Morgan fingerprint density at radius 2 is 1.75 bits per heavy atom. The standard InChI is InChI=1S/C25H32Cl2N2O3/c1-7-21(24(31)28-25(4,5)6)29(14-18-10-11-19(26)20(27)13-18)23(30)15-32-22-12-16(2)8-9-17(22)3/h8-13,21H,7,14-15H2,1-6H3,(H,28,31)/t21-/m0/s1. The Kier molecular flexibility index (Phi) is 8.99. The third-order valence-corrected chi connectivity index (χ3v) is 5.65. The maximum Gasteiger partial charge on any atom is 0.261 e. The topological polar surface area (TPSA) is 58.6 Å². The van der Waals surface area contributed by atoms with Gasteiger partial charge in [0.1, 0.15) is 11.8 Å². The lowest BCUT2D eigenvalue weighted by molar-refractivity contribution is -0.143. The largest absolute Gasteiger partial charge is 0.483 e. The molecule has 0 aliphatic rings. The van der Waals surface area contributed by atoms with E-state index in [1.807, 2.05) is 59.7 Å². The highest BCUT2D eigenvalue weighted by Gasteiger charge is 2.31. The molecule has 0 aliphatic carbocycles. The van der Waals surface area contributed by atoms with Crippen molar-refractivity contribution in [1.82, 2.24) is 10.2 Å². The van der Waals surface area contributed by atoms with E-state index in [1.54, 1.807) is 23.1 Å². The highest BCUT2D eigenvalue weighted by atomic mass is 35.5. The van der Waals surface area contributed by atoms with Crippen molar-refractivity contribution in [2.45, 2.75) is 66.1 Å². The molecule has 0 heterocycles. The van der Waals surface area contributed by atoms with E-state index in [0.717, 1.165) is 16.7 Å². The first-order chi connectivity index (χ1) is 14.9. The Morgan fingerprint density at radius 3 is 2.34 bits per heavy atom. The van der Waals surface area contributed by atoms with Gasteiger partial charge >= 0.3 is 0 Å². The number of carbonyl (C=O) groups excluding carboxylic acids is 2. The van der Waals surface area contributed by atoms with Gasteiger partial charge in [-0.15, -0.1) is 0 Å². The van der Waals surface area contributed by atoms with Crippen molar-refractivity contribution in [2.24, 2.45) is 0 Å². The first-order valence-corrected chi connectivity index (χ1v) is 11.4. The van der Waals surface area contributed by atoms with Crippen LogP contribution in [0.4, 0.5) is 0 Å². The van der Waals surface area contributed by atoms with Crippen molar-refractivity contribution in [3.05, 3.63) is 63.1 Å². The number of rotatable bonds is 8. The minimum absolute atomic E-state index is 0.176.